The lowest BCUT2D eigenvalue weighted by molar-refractivity contribution is 0.103. The lowest BCUT2D eigenvalue weighted by atomic mass is 10.0. The molecule has 0 saturated carbocycles. The molecule has 0 amide bonds. The Morgan fingerprint density at radius 2 is 1.84 bits per heavy atom. The molecule has 0 fully saturated rings. The third-order valence-electron chi connectivity index (χ3n) is 2.67. The number of hydrogen-bond acceptors (Lipinski definition) is 1. The molecule has 2 rings (SSSR count). The molecule has 0 aliphatic carbocycles. The highest BCUT2D eigenvalue weighted by Crippen LogP contribution is 2.28. The molecular weight excluding hydrogens is 354 g/mol. The van der Waals surface area contributed by atoms with Crippen molar-refractivity contribution in [2.75, 3.05) is 0 Å². The molecule has 0 unspecified atom stereocenters. The molecule has 0 saturated heterocycles. The predicted octanol–water partition coefficient (Wildman–Crippen LogP) is 5.43. The Morgan fingerprint density at radius 1 is 1.16 bits per heavy atom. The third-order valence-corrected chi connectivity index (χ3v) is 3.87. The highest BCUT2D eigenvalue weighted by atomic mass is 79.9. The van der Waals surface area contributed by atoms with E-state index in [4.69, 9.17) is 23.2 Å². The van der Waals surface area contributed by atoms with Crippen LogP contribution in [0.4, 0.5) is 4.39 Å². The molecular formula is C14H8BrCl2FO. The average molecular weight is 362 g/mol. The van der Waals surface area contributed by atoms with Crippen LogP contribution < -0.4 is 0 Å². The summed E-state index contributed by atoms with van der Waals surface area (Å²) in [5, 5.41) is 0.611. The van der Waals surface area contributed by atoms with Crippen LogP contribution in [0.5, 0.6) is 0 Å². The summed E-state index contributed by atoms with van der Waals surface area (Å²) in [7, 11) is 0. The van der Waals surface area contributed by atoms with Crippen molar-refractivity contribution in [2.24, 2.45) is 0 Å². The van der Waals surface area contributed by atoms with Gasteiger partial charge in [-0.1, -0.05) is 23.2 Å². The van der Waals surface area contributed by atoms with E-state index in [9.17, 15) is 9.18 Å². The fourth-order valence-electron chi connectivity index (χ4n) is 1.65. The lowest BCUT2D eigenvalue weighted by Crippen LogP contribution is -2.04. The fraction of sp³-hybridized carbons (Fsp3) is 0.0714. The molecule has 2 aromatic rings. The van der Waals surface area contributed by atoms with Gasteiger partial charge < -0.3 is 0 Å². The van der Waals surface area contributed by atoms with Gasteiger partial charge in [-0.3, -0.25) is 4.79 Å². The van der Waals surface area contributed by atoms with Crippen LogP contribution in [0.2, 0.25) is 10.0 Å². The van der Waals surface area contributed by atoms with Crippen LogP contribution in [-0.2, 0) is 0 Å². The summed E-state index contributed by atoms with van der Waals surface area (Å²) in [6.07, 6.45) is 0. The van der Waals surface area contributed by atoms with E-state index in [0.717, 1.165) is 6.07 Å². The van der Waals surface area contributed by atoms with E-state index in [-0.39, 0.29) is 16.4 Å². The largest absolute Gasteiger partial charge is 0.289 e. The molecule has 0 aromatic heterocycles. The minimum atomic E-state index is -0.434. The molecule has 0 atom stereocenters. The van der Waals surface area contributed by atoms with Crippen LogP contribution in [0.3, 0.4) is 0 Å². The van der Waals surface area contributed by atoms with Gasteiger partial charge in [-0.05, 0) is 58.7 Å². The van der Waals surface area contributed by atoms with Crippen molar-refractivity contribution < 1.29 is 9.18 Å². The maximum atomic E-state index is 13.3. The first kappa shape index (κ1) is 14.5. The van der Waals surface area contributed by atoms with Gasteiger partial charge in [-0.2, -0.15) is 0 Å². The van der Waals surface area contributed by atoms with Gasteiger partial charge in [0.15, 0.2) is 5.78 Å². The Labute approximate surface area is 128 Å². The number of hydrogen-bond donors (Lipinski definition) is 0. The van der Waals surface area contributed by atoms with E-state index in [1.165, 1.54) is 6.07 Å². The van der Waals surface area contributed by atoms with Crippen molar-refractivity contribution in [1.29, 1.82) is 0 Å². The molecule has 98 valence electrons. The summed E-state index contributed by atoms with van der Waals surface area (Å²) in [5.41, 5.74) is 1.07. The second kappa shape index (κ2) is 5.61. The monoisotopic (exact) mass is 360 g/mol. The minimum absolute atomic E-state index is 0.0925. The van der Waals surface area contributed by atoms with E-state index >= 15 is 0 Å². The molecule has 0 aliphatic heterocycles. The second-order valence-electron chi connectivity index (χ2n) is 4.03. The summed E-state index contributed by atoms with van der Waals surface area (Å²) in [6, 6.07) is 7.43. The zero-order chi connectivity index (χ0) is 14.2. The smallest absolute Gasteiger partial charge is 0.195 e. The first-order chi connectivity index (χ1) is 8.90. The summed E-state index contributed by atoms with van der Waals surface area (Å²) >= 11 is 15.0. The summed E-state index contributed by atoms with van der Waals surface area (Å²) in [4.78, 5) is 12.4. The van der Waals surface area contributed by atoms with Crippen molar-refractivity contribution in [3.8, 4) is 0 Å². The van der Waals surface area contributed by atoms with E-state index in [0.29, 0.717) is 20.6 Å². The van der Waals surface area contributed by atoms with Gasteiger partial charge in [0.25, 0.3) is 0 Å². The molecule has 1 nitrogen and oxygen atoms in total. The SMILES string of the molecule is Cc1cc(C(=O)c2ccc(Cl)cc2Br)c(Cl)cc1F. The quantitative estimate of drug-likeness (QED) is 0.651. The summed E-state index contributed by atoms with van der Waals surface area (Å²) < 4.78 is 13.9. The maximum Gasteiger partial charge on any atom is 0.195 e. The highest BCUT2D eigenvalue weighted by Gasteiger charge is 2.17. The van der Waals surface area contributed by atoms with Gasteiger partial charge in [0.2, 0.25) is 0 Å². The van der Waals surface area contributed by atoms with Gasteiger partial charge in [0, 0.05) is 20.6 Å². The minimum Gasteiger partial charge on any atom is -0.289 e. The number of carbonyl (C=O) groups is 1. The topological polar surface area (TPSA) is 17.1 Å². The third kappa shape index (κ3) is 2.99. The fourth-order valence-corrected chi connectivity index (χ4v) is 2.75. The van der Waals surface area contributed by atoms with Crippen molar-refractivity contribution in [2.45, 2.75) is 6.92 Å². The normalized spacial score (nSPS) is 10.6. The molecule has 0 spiro atoms. The predicted molar refractivity (Wildman–Crippen MR) is 78.7 cm³/mol. The molecule has 0 N–H and O–H groups in total. The van der Waals surface area contributed by atoms with Gasteiger partial charge in [-0.15, -0.1) is 0 Å². The molecule has 5 heteroatoms. The number of halogens is 4. The summed E-state index contributed by atoms with van der Waals surface area (Å²) in [5.74, 6) is -0.714. The zero-order valence-electron chi connectivity index (χ0n) is 9.81. The van der Waals surface area contributed by atoms with Crippen LogP contribution in [0, 0.1) is 12.7 Å². The van der Waals surface area contributed by atoms with Gasteiger partial charge >= 0.3 is 0 Å². The molecule has 19 heavy (non-hydrogen) atoms. The number of aryl methyl sites for hydroxylation is 1. The lowest BCUT2D eigenvalue weighted by Gasteiger charge is -2.08. The van der Waals surface area contributed by atoms with Crippen molar-refractivity contribution in [3.63, 3.8) is 0 Å². The molecule has 0 heterocycles. The van der Waals surface area contributed by atoms with Crippen LogP contribution in [0.25, 0.3) is 0 Å². The number of rotatable bonds is 2. The number of benzene rings is 2. The van der Waals surface area contributed by atoms with E-state index < -0.39 is 5.82 Å². The molecule has 0 radical (unpaired) electrons. The van der Waals surface area contributed by atoms with Crippen molar-refractivity contribution >= 4 is 44.9 Å². The van der Waals surface area contributed by atoms with Crippen LogP contribution in [0.1, 0.15) is 21.5 Å². The van der Waals surface area contributed by atoms with Gasteiger partial charge in [0.1, 0.15) is 5.82 Å². The van der Waals surface area contributed by atoms with Gasteiger partial charge in [0.05, 0.1) is 5.02 Å². The molecule has 2 aromatic carbocycles. The maximum absolute atomic E-state index is 13.3. The van der Waals surface area contributed by atoms with Crippen LogP contribution >= 0.6 is 39.1 Å². The first-order valence-corrected chi connectivity index (χ1v) is 6.90. The number of ketones is 1. The van der Waals surface area contributed by atoms with Crippen molar-refractivity contribution in [3.05, 3.63) is 67.4 Å². The molecule has 0 bridgehead atoms. The van der Waals surface area contributed by atoms with Crippen LogP contribution in [-0.4, -0.2) is 5.78 Å². The summed E-state index contributed by atoms with van der Waals surface area (Å²) in [6.45, 7) is 1.58. The Hall–Kier alpha value is -0.900. The van der Waals surface area contributed by atoms with E-state index in [1.807, 2.05) is 0 Å². The Balaban J connectivity index is 2.53. The molecule has 0 aliphatic rings. The van der Waals surface area contributed by atoms with Gasteiger partial charge in [-0.25, -0.2) is 4.39 Å². The Morgan fingerprint density at radius 3 is 2.47 bits per heavy atom. The Bertz CT molecular complexity index is 671. The Kier molecular flexibility index (Phi) is 4.29. The van der Waals surface area contributed by atoms with Crippen LogP contribution in [0.15, 0.2) is 34.8 Å². The highest BCUT2D eigenvalue weighted by molar-refractivity contribution is 9.10. The standard InChI is InChI=1S/C14H8BrCl2FO/c1-7-4-10(12(17)6-13(7)18)14(19)9-3-2-8(16)5-11(9)15/h2-6H,1H3. The van der Waals surface area contributed by atoms with Crippen molar-refractivity contribution in [1.82, 2.24) is 0 Å². The zero-order valence-corrected chi connectivity index (χ0v) is 12.9. The van der Waals surface area contributed by atoms with E-state index in [1.54, 1.807) is 25.1 Å². The average Bonchev–Trinajstić information content (AvgIpc) is 2.33. The first-order valence-electron chi connectivity index (χ1n) is 5.35. The second-order valence-corrected chi connectivity index (χ2v) is 5.73. The number of carbonyl (C=O) groups excluding carboxylic acids is 1. The van der Waals surface area contributed by atoms with E-state index in [2.05, 4.69) is 15.9 Å².